The fraction of sp³-hybridized carbons (Fsp3) is 0.375. The maximum Gasteiger partial charge on any atom is 0.303 e. The van der Waals surface area contributed by atoms with Crippen LogP contribution in [0.1, 0.15) is 48.1 Å². The lowest BCUT2D eigenvalue weighted by Crippen LogP contribution is -2.17. The second-order valence-electron chi connectivity index (χ2n) is 5.82. The molecule has 2 N–H and O–H groups in total. The van der Waals surface area contributed by atoms with Crippen LogP contribution in [-0.4, -0.2) is 27.2 Å². The van der Waals surface area contributed by atoms with Crippen molar-refractivity contribution in [1.82, 2.24) is 10.2 Å². The Labute approximate surface area is 141 Å². The Hall–Kier alpha value is -2.35. The summed E-state index contributed by atoms with van der Waals surface area (Å²) in [5.41, 5.74) is 0.489. The number of aliphatic carboxylic acids is 1. The van der Waals surface area contributed by atoms with Gasteiger partial charge < -0.3 is 10.4 Å². The quantitative estimate of drug-likeness (QED) is 0.801. The Morgan fingerprint density at radius 2 is 2.12 bits per heavy atom. The minimum absolute atomic E-state index is 0.0614. The van der Waals surface area contributed by atoms with E-state index >= 15 is 0 Å². The van der Waals surface area contributed by atoms with E-state index < -0.39 is 17.7 Å². The molecule has 126 valence electrons. The van der Waals surface area contributed by atoms with E-state index in [0.717, 1.165) is 17.8 Å². The Kier molecular flexibility index (Phi) is 4.84. The number of nitrogens with one attached hydrogen (secondary N) is 1. The number of carboxylic acid groups (broad SMARTS) is 1. The summed E-state index contributed by atoms with van der Waals surface area (Å²) in [5, 5.41) is 21.0. The maximum absolute atomic E-state index is 13.4. The molecule has 0 spiro atoms. The van der Waals surface area contributed by atoms with E-state index in [-0.39, 0.29) is 18.7 Å². The summed E-state index contributed by atoms with van der Waals surface area (Å²) in [6.07, 6.45) is 1.89. The normalized spacial score (nSPS) is 15.0. The van der Waals surface area contributed by atoms with Crippen molar-refractivity contribution in [2.75, 3.05) is 5.32 Å². The number of halogens is 1. The summed E-state index contributed by atoms with van der Waals surface area (Å²) in [4.78, 5) is 23.2. The first-order valence-electron chi connectivity index (χ1n) is 7.62. The first-order chi connectivity index (χ1) is 11.5. The van der Waals surface area contributed by atoms with Gasteiger partial charge in [-0.1, -0.05) is 23.5 Å². The zero-order valence-corrected chi connectivity index (χ0v) is 13.6. The second kappa shape index (κ2) is 7.04. The number of rotatable bonds is 7. The SMILES string of the molecule is O=C(O)CC(CC(=O)Nc1nnc(C2CC2)s1)c1cccc(F)c1. The van der Waals surface area contributed by atoms with Gasteiger partial charge >= 0.3 is 5.97 Å². The molecule has 0 radical (unpaired) electrons. The third-order valence-electron chi connectivity index (χ3n) is 3.79. The van der Waals surface area contributed by atoms with Crippen LogP contribution in [0, 0.1) is 5.82 Å². The molecule has 1 aliphatic rings. The summed E-state index contributed by atoms with van der Waals surface area (Å²) < 4.78 is 13.4. The molecule has 1 unspecified atom stereocenters. The van der Waals surface area contributed by atoms with Gasteiger partial charge in [-0.3, -0.25) is 9.59 Å². The Bertz CT molecular complexity index is 761. The number of carbonyl (C=O) groups excluding carboxylic acids is 1. The van der Waals surface area contributed by atoms with Crippen LogP contribution in [0.5, 0.6) is 0 Å². The van der Waals surface area contributed by atoms with Crippen molar-refractivity contribution in [1.29, 1.82) is 0 Å². The third kappa shape index (κ3) is 4.35. The van der Waals surface area contributed by atoms with Crippen molar-refractivity contribution in [3.63, 3.8) is 0 Å². The molecule has 1 aliphatic carbocycles. The van der Waals surface area contributed by atoms with Crippen molar-refractivity contribution >= 4 is 28.3 Å². The van der Waals surface area contributed by atoms with Gasteiger partial charge in [-0.2, -0.15) is 0 Å². The van der Waals surface area contributed by atoms with Gasteiger partial charge in [0.2, 0.25) is 11.0 Å². The number of anilines is 1. The molecular weight excluding hydrogens is 333 g/mol. The van der Waals surface area contributed by atoms with Crippen LogP contribution in [0.4, 0.5) is 9.52 Å². The van der Waals surface area contributed by atoms with E-state index in [0.29, 0.717) is 16.6 Å². The summed E-state index contributed by atoms with van der Waals surface area (Å²) in [5.74, 6) is -2.00. The highest BCUT2D eigenvalue weighted by atomic mass is 32.1. The number of hydrogen-bond donors (Lipinski definition) is 2. The summed E-state index contributed by atoms with van der Waals surface area (Å²) in [6, 6.07) is 5.67. The molecule has 0 saturated heterocycles. The average molecular weight is 349 g/mol. The van der Waals surface area contributed by atoms with Crippen molar-refractivity contribution in [3.8, 4) is 0 Å². The molecule has 1 heterocycles. The lowest BCUT2D eigenvalue weighted by molar-refractivity contribution is -0.137. The smallest absolute Gasteiger partial charge is 0.303 e. The zero-order valence-electron chi connectivity index (χ0n) is 12.7. The molecule has 24 heavy (non-hydrogen) atoms. The molecule has 1 atom stereocenters. The molecule has 6 nitrogen and oxygen atoms in total. The molecule has 1 aromatic carbocycles. The standard InChI is InChI=1S/C16H16FN3O3S/c17-12-3-1-2-10(6-12)11(8-14(22)23)7-13(21)18-16-20-19-15(24-16)9-4-5-9/h1-3,6,9,11H,4-5,7-8H2,(H,22,23)(H,18,20,21). The fourth-order valence-corrected chi connectivity index (χ4v) is 3.38. The highest BCUT2D eigenvalue weighted by molar-refractivity contribution is 7.15. The average Bonchev–Trinajstić information content (AvgIpc) is 3.27. The van der Waals surface area contributed by atoms with E-state index in [1.807, 2.05) is 0 Å². The van der Waals surface area contributed by atoms with Crippen LogP contribution in [0.2, 0.25) is 0 Å². The molecule has 2 aromatic rings. The van der Waals surface area contributed by atoms with E-state index in [1.54, 1.807) is 6.07 Å². The van der Waals surface area contributed by atoms with Gasteiger partial charge in [-0.15, -0.1) is 10.2 Å². The predicted molar refractivity (Wildman–Crippen MR) is 86.5 cm³/mol. The zero-order chi connectivity index (χ0) is 17.1. The Balaban J connectivity index is 1.66. The minimum Gasteiger partial charge on any atom is -0.481 e. The monoisotopic (exact) mass is 349 g/mol. The molecule has 1 fully saturated rings. The predicted octanol–water partition coefficient (Wildman–Crippen LogP) is 3.14. The topological polar surface area (TPSA) is 92.2 Å². The van der Waals surface area contributed by atoms with Crippen LogP contribution < -0.4 is 5.32 Å². The van der Waals surface area contributed by atoms with Gasteiger partial charge in [0, 0.05) is 18.3 Å². The highest BCUT2D eigenvalue weighted by Crippen LogP contribution is 2.42. The number of carboxylic acids is 1. The molecule has 0 bridgehead atoms. The van der Waals surface area contributed by atoms with Crippen molar-refractivity contribution in [2.24, 2.45) is 0 Å². The van der Waals surface area contributed by atoms with Crippen LogP contribution in [0.3, 0.4) is 0 Å². The van der Waals surface area contributed by atoms with E-state index in [1.165, 1.54) is 29.5 Å². The molecule has 0 aliphatic heterocycles. The largest absolute Gasteiger partial charge is 0.481 e. The number of nitrogens with zero attached hydrogens (tertiary/aromatic N) is 2. The van der Waals surface area contributed by atoms with Gasteiger partial charge in [-0.05, 0) is 30.5 Å². The maximum atomic E-state index is 13.4. The number of carbonyl (C=O) groups is 2. The molecule has 1 aromatic heterocycles. The third-order valence-corrected chi connectivity index (χ3v) is 4.79. The lowest BCUT2D eigenvalue weighted by Gasteiger charge is -2.14. The summed E-state index contributed by atoms with van der Waals surface area (Å²) in [7, 11) is 0. The van der Waals surface area contributed by atoms with E-state index in [4.69, 9.17) is 5.11 Å². The van der Waals surface area contributed by atoms with Gasteiger partial charge in [-0.25, -0.2) is 4.39 Å². The lowest BCUT2D eigenvalue weighted by atomic mass is 9.92. The first-order valence-corrected chi connectivity index (χ1v) is 8.43. The molecule has 1 amide bonds. The summed E-state index contributed by atoms with van der Waals surface area (Å²) >= 11 is 1.34. The van der Waals surface area contributed by atoms with Gasteiger partial charge in [0.1, 0.15) is 10.8 Å². The minimum atomic E-state index is -1.04. The number of hydrogen-bond acceptors (Lipinski definition) is 5. The molecule has 1 saturated carbocycles. The van der Waals surface area contributed by atoms with Crippen LogP contribution in [0.15, 0.2) is 24.3 Å². The second-order valence-corrected chi connectivity index (χ2v) is 6.83. The molecule has 3 rings (SSSR count). The number of amides is 1. The van der Waals surface area contributed by atoms with E-state index in [2.05, 4.69) is 15.5 Å². The molecular formula is C16H16FN3O3S. The molecule has 8 heteroatoms. The van der Waals surface area contributed by atoms with Crippen LogP contribution in [0.25, 0.3) is 0 Å². The van der Waals surface area contributed by atoms with Crippen LogP contribution >= 0.6 is 11.3 Å². The van der Waals surface area contributed by atoms with Gasteiger partial charge in [0.05, 0.1) is 6.42 Å². The van der Waals surface area contributed by atoms with Crippen LogP contribution in [-0.2, 0) is 9.59 Å². The van der Waals surface area contributed by atoms with Crippen molar-refractivity contribution in [2.45, 2.75) is 37.5 Å². The highest BCUT2D eigenvalue weighted by Gasteiger charge is 2.28. The summed E-state index contributed by atoms with van der Waals surface area (Å²) in [6.45, 7) is 0. The van der Waals surface area contributed by atoms with Crippen molar-refractivity contribution in [3.05, 3.63) is 40.7 Å². The van der Waals surface area contributed by atoms with Gasteiger partial charge in [0.25, 0.3) is 0 Å². The van der Waals surface area contributed by atoms with Gasteiger partial charge in [0.15, 0.2) is 0 Å². The first kappa shape index (κ1) is 16.5. The van der Waals surface area contributed by atoms with E-state index in [9.17, 15) is 14.0 Å². The number of benzene rings is 1. The Morgan fingerprint density at radius 1 is 1.33 bits per heavy atom. The van der Waals surface area contributed by atoms with Crippen molar-refractivity contribution < 1.29 is 19.1 Å². The Morgan fingerprint density at radius 3 is 2.79 bits per heavy atom. The fourth-order valence-electron chi connectivity index (χ4n) is 2.45. The number of aromatic nitrogens is 2.